The molecular formula is C22H21F3N4O3S. The quantitative estimate of drug-likeness (QED) is 0.517. The van der Waals surface area contributed by atoms with Crippen LogP contribution in [0.15, 0.2) is 36.4 Å². The lowest BCUT2D eigenvalue weighted by Gasteiger charge is -2.30. The monoisotopic (exact) mass is 478 g/mol. The number of amides is 1. The first-order chi connectivity index (χ1) is 15.4. The number of alkyl halides is 3. The number of anilines is 1. The van der Waals surface area contributed by atoms with Gasteiger partial charge in [0.2, 0.25) is 5.91 Å². The van der Waals surface area contributed by atoms with E-state index in [2.05, 4.69) is 17.6 Å². The molecule has 2 aromatic rings. The molecule has 0 radical (unpaired) electrons. The Balaban J connectivity index is 1.96. The summed E-state index contributed by atoms with van der Waals surface area (Å²) >= 11 is 4.52. The number of rotatable bonds is 5. The first-order valence-corrected chi connectivity index (χ1v) is 10.5. The van der Waals surface area contributed by atoms with Crippen LogP contribution < -0.4 is 4.90 Å². The van der Waals surface area contributed by atoms with Crippen LogP contribution in [0.3, 0.4) is 0 Å². The first-order valence-electron chi connectivity index (χ1n) is 9.94. The third kappa shape index (κ3) is 4.67. The minimum atomic E-state index is -4.76. The molecule has 3 rings (SSSR count). The van der Waals surface area contributed by atoms with E-state index in [1.54, 1.807) is 37.8 Å². The molecule has 2 heterocycles. The van der Waals surface area contributed by atoms with E-state index in [-0.39, 0.29) is 24.5 Å². The van der Waals surface area contributed by atoms with Crippen LogP contribution in [0.25, 0.3) is 0 Å². The zero-order valence-electron chi connectivity index (χ0n) is 18.1. The highest BCUT2D eigenvalue weighted by Gasteiger charge is 2.51. The predicted molar refractivity (Wildman–Crippen MR) is 116 cm³/mol. The van der Waals surface area contributed by atoms with E-state index in [1.807, 2.05) is 0 Å². The van der Waals surface area contributed by atoms with Gasteiger partial charge in [0, 0.05) is 12.2 Å². The lowest BCUT2D eigenvalue weighted by Crippen LogP contribution is -2.44. The molecule has 0 aliphatic carbocycles. The number of hydrogen-bond donors (Lipinski definition) is 1. The van der Waals surface area contributed by atoms with Gasteiger partial charge in [0.1, 0.15) is 11.2 Å². The molecule has 1 aromatic heterocycles. The molecule has 1 saturated heterocycles. The van der Waals surface area contributed by atoms with Crippen molar-refractivity contribution in [3.8, 4) is 6.07 Å². The van der Waals surface area contributed by atoms with Gasteiger partial charge in [-0.05, 0) is 51.1 Å². The van der Waals surface area contributed by atoms with E-state index in [1.165, 1.54) is 18.2 Å². The van der Waals surface area contributed by atoms with Crippen LogP contribution in [-0.2, 0) is 22.3 Å². The van der Waals surface area contributed by atoms with Crippen LogP contribution in [0, 0.1) is 11.3 Å². The van der Waals surface area contributed by atoms with Gasteiger partial charge < -0.3 is 4.74 Å². The van der Waals surface area contributed by atoms with Crippen LogP contribution in [-0.4, -0.2) is 39.4 Å². The van der Waals surface area contributed by atoms with Gasteiger partial charge in [-0.15, -0.1) is 12.6 Å². The highest BCUT2D eigenvalue weighted by Crippen LogP contribution is 2.40. The number of pyridine rings is 1. The number of aromatic nitrogens is 1. The van der Waals surface area contributed by atoms with Gasteiger partial charge in [-0.3, -0.25) is 14.6 Å². The standard InChI is InChI=1S/C22H21F3N4O3S/c1-4-32-18(30)17-7-5-6-14(27-17)12-28-20(33)29(19(31)21(28,2)3)15-9-8-13(11-26)16(10-15)22(23,24)25/h5-10,20,33H,4,12H2,1-3H3. The molecule has 0 spiro atoms. The number of nitriles is 1. The molecule has 1 aliphatic rings. The van der Waals surface area contributed by atoms with Crippen molar-refractivity contribution in [3.63, 3.8) is 0 Å². The molecule has 174 valence electrons. The molecule has 11 heteroatoms. The van der Waals surface area contributed by atoms with Gasteiger partial charge in [-0.25, -0.2) is 9.78 Å². The number of nitrogens with zero attached hydrogens (tertiary/aromatic N) is 4. The number of esters is 1. The van der Waals surface area contributed by atoms with Crippen molar-refractivity contribution >= 4 is 30.2 Å². The fourth-order valence-electron chi connectivity index (χ4n) is 3.56. The number of carbonyl (C=O) groups excluding carboxylic acids is 2. The van der Waals surface area contributed by atoms with E-state index in [9.17, 15) is 22.8 Å². The molecule has 1 atom stereocenters. The number of halogens is 3. The lowest BCUT2D eigenvalue weighted by atomic mass is 10.0. The van der Waals surface area contributed by atoms with Crippen molar-refractivity contribution in [2.24, 2.45) is 0 Å². The molecule has 0 bridgehead atoms. The van der Waals surface area contributed by atoms with Gasteiger partial charge >= 0.3 is 12.1 Å². The summed E-state index contributed by atoms with van der Waals surface area (Å²) < 4.78 is 45.3. The maximum atomic E-state index is 13.4. The van der Waals surface area contributed by atoms with Gasteiger partial charge in [0.15, 0.2) is 0 Å². The maximum absolute atomic E-state index is 13.4. The highest BCUT2D eigenvalue weighted by molar-refractivity contribution is 7.81. The summed E-state index contributed by atoms with van der Waals surface area (Å²) in [7, 11) is 0. The number of hydrogen-bond acceptors (Lipinski definition) is 7. The third-order valence-corrected chi connectivity index (χ3v) is 5.81. The Kier molecular flexibility index (Phi) is 6.72. The minimum Gasteiger partial charge on any atom is -0.461 e. The Labute approximate surface area is 194 Å². The van der Waals surface area contributed by atoms with E-state index in [0.717, 1.165) is 17.0 Å². The number of carbonyl (C=O) groups is 2. The molecule has 1 fully saturated rings. The zero-order chi connectivity index (χ0) is 24.6. The topological polar surface area (TPSA) is 86.5 Å². The largest absolute Gasteiger partial charge is 0.461 e. The van der Waals surface area contributed by atoms with Crippen LogP contribution in [0.4, 0.5) is 18.9 Å². The minimum absolute atomic E-state index is 0.0323. The molecule has 7 nitrogen and oxygen atoms in total. The van der Waals surface area contributed by atoms with Crippen molar-refractivity contribution in [1.29, 1.82) is 5.26 Å². The van der Waals surface area contributed by atoms with Gasteiger partial charge in [0.05, 0.1) is 35.0 Å². The number of ether oxygens (including phenoxy) is 1. The summed E-state index contributed by atoms with van der Waals surface area (Å²) in [6.07, 6.45) is -4.76. The summed E-state index contributed by atoms with van der Waals surface area (Å²) in [5.41, 5.74) is -3.20. The van der Waals surface area contributed by atoms with Crippen LogP contribution >= 0.6 is 12.6 Å². The fourth-order valence-corrected chi connectivity index (χ4v) is 4.16. The average molecular weight is 478 g/mol. The molecule has 1 amide bonds. The molecule has 0 N–H and O–H groups in total. The highest BCUT2D eigenvalue weighted by atomic mass is 32.1. The summed E-state index contributed by atoms with van der Waals surface area (Å²) in [5.74, 6) is -1.06. The Morgan fingerprint density at radius 1 is 1.30 bits per heavy atom. The summed E-state index contributed by atoms with van der Waals surface area (Å²) in [5, 5.41) is 9.03. The van der Waals surface area contributed by atoms with E-state index in [4.69, 9.17) is 10.00 Å². The molecular weight excluding hydrogens is 457 g/mol. The lowest BCUT2D eigenvalue weighted by molar-refractivity contribution is -0.137. The zero-order valence-corrected chi connectivity index (χ0v) is 18.9. The SMILES string of the molecule is CCOC(=O)c1cccc(CN2C(S)N(c3ccc(C#N)c(C(F)(F)F)c3)C(=O)C2(C)C)n1. The van der Waals surface area contributed by atoms with E-state index >= 15 is 0 Å². The molecule has 1 unspecified atom stereocenters. The van der Waals surface area contributed by atoms with Crippen molar-refractivity contribution < 1.29 is 27.5 Å². The summed E-state index contributed by atoms with van der Waals surface area (Å²) in [4.78, 5) is 32.3. The fraction of sp³-hybridized carbons (Fsp3) is 0.364. The van der Waals surface area contributed by atoms with Crippen molar-refractivity contribution in [1.82, 2.24) is 9.88 Å². The number of thiol groups is 1. The van der Waals surface area contributed by atoms with Gasteiger partial charge in [-0.1, -0.05) is 6.07 Å². The summed E-state index contributed by atoms with van der Waals surface area (Å²) in [6.45, 7) is 5.22. The Hall–Kier alpha value is -3.10. The second-order valence-electron chi connectivity index (χ2n) is 7.78. The Morgan fingerprint density at radius 3 is 2.61 bits per heavy atom. The van der Waals surface area contributed by atoms with Gasteiger partial charge in [-0.2, -0.15) is 18.4 Å². The average Bonchev–Trinajstić information content (AvgIpc) is 2.92. The maximum Gasteiger partial charge on any atom is 0.417 e. The Bertz CT molecular complexity index is 1130. The van der Waals surface area contributed by atoms with Crippen LogP contribution in [0.2, 0.25) is 0 Å². The molecule has 0 saturated carbocycles. The van der Waals surface area contributed by atoms with Crippen molar-refractivity contribution in [2.45, 2.75) is 44.5 Å². The first kappa shape index (κ1) is 24.5. The Morgan fingerprint density at radius 2 is 2.00 bits per heavy atom. The van der Waals surface area contributed by atoms with Crippen molar-refractivity contribution in [3.05, 3.63) is 58.9 Å². The predicted octanol–water partition coefficient (Wildman–Crippen LogP) is 3.99. The van der Waals surface area contributed by atoms with E-state index < -0.39 is 40.2 Å². The second kappa shape index (κ2) is 9.03. The smallest absolute Gasteiger partial charge is 0.417 e. The number of benzene rings is 1. The second-order valence-corrected chi connectivity index (χ2v) is 8.24. The molecule has 33 heavy (non-hydrogen) atoms. The van der Waals surface area contributed by atoms with Crippen molar-refractivity contribution in [2.75, 3.05) is 11.5 Å². The van der Waals surface area contributed by atoms with Crippen LogP contribution in [0.5, 0.6) is 0 Å². The molecule has 1 aliphatic heterocycles. The van der Waals surface area contributed by atoms with Gasteiger partial charge in [0.25, 0.3) is 0 Å². The summed E-state index contributed by atoms with van der Waals surface area (Å²) in [6, 6.07) is 9.41. The normalized spacial score (nSPS) is 18.3. The third-order valence-electron chi connectivity index (χ3n) is 5.30. The van der Waals surface area contributed by atoms with E-state index in [0.29, 0.717) is 5.69 Å². The van der Waals surface area contributed by atoms with Crippen LogP contribution in [0.1, 0.15) is 48.1 Å². The molecule has 1 aromatic carbocycles.